The van der Waals surface area contributed by atoms with E-state index >= 15 is 0 Å². The van der Waals surface area contributed by atoms with E-state index in [-0.39, 0.29) is 29.6 Å². The van der Waals surface area contributed by atoms with E-state index in [1.54, 1.807) is 30.3 Å². The van der Waals surface area contributed by atoms with Crippen molar-refractivity contribution in [2.75, 3.05) is 13.2 Å². The van der Waals surface area contributed by atoms with Crippen LogP contribution in [-0.2, 0) is 19.0 Å². The topological polar surface area (TPSA) is 242 Å². The number of carboxylic acid groups (broad SMARTS) is 1. The second-order valence-electron chi connectivity index (χ2n) is 9.01. The van der Waals surface area contributed by atoms with Crippen LogP contribution < -0.4 is 34.7 Å². The zero-order valence-electron chi connectivity index (χ0n) is 21.3. The maximum atomic E-state index is 12.5. The number of aliphatic hydroxyl groups is 7. The summed E-state index contributed by atoms with van der Waals surface area (Å²) in [6, 6.07) is 7.11. The zero-order chi connectivity index (χ0) is 28.2. The number of aliphatic hydroxyl groups excluding tert-OH is 7. The molecule has 1 aromatic carbocycles. The van der Waals surface area contributed by atoms with Crippen molar-refractivity contribution in [2.24, 2.45) is 4.99 Å². The smallest absolute Gasteiger partial charge is 0.862 e. The molecule has 0 unspecified atom stereocenters. The van der Waals surface area contributed by atoms with E-state index in [9.17, 15) is 50.8 Å². The molecule has 16 heteroatoms. The molecule has 39 heavy (non-hydrogen) atoms. The third-order valence-corrected chi connectivity index (χ3v) is 7.42. The third-order valence-electron chi connectivity index (χ3n) is 6.25. The average Bonchev–Trinajstić information content (AvgIpc) is 2.88. The van der Waals surface area contributed by atoms with Crippen molar-refractivity contribution in [1.82, 2.24) is 0 Å². The normalized spacial score (nSPS) is 37.0. The quantitative estimate of drug-likeness (QED) is 0.0723. The van der Waals surface area contributed by atoms with Crippen LogP contribution in [0.5, 0.6) is 0 Å². The minimum atomic E-state index is -2.82. The maximum Gasteiger partial charge on any atom is 1.00 e. The number of hydrogen-bond donors (Lipinski definition) is 8. The minimum absolute atomic E-state index is 0. The van der Waals surface area contributed by atoms with Gasteiger partial charge in [-0.1, -0.05) is 30.0 Å². The van der Waals surface area contributed by atoms with Crippen LogP contribution in [0.1, 0.15) is 13.3 Å². The van der Waals surface area contributed by atoms with Crippen molar-refractivity contribution in [3.8, 4) is 0 Å². The molecule has 2 fully saturated rings. The molecule has 0 bridgehead atoms. The number of carbonyl (C=O) groups is 1. The summed E-state index contributed by atoms with van der Waals surface area (Å²) in [6.45, 7) is -0.645. The van der Waals surface area contributed by atoms with Crippen molar-refractivity contribution in [2.45, 2.75) is 84.3 Å². The maximum absolute atomic E-state index is 12.5. The number of aliphatic carboxylic acids is 1. The molecule has 0 spiro atoms. The fraction of sp³-hybridized carbons (Fsp3) is 0.652. The first-order valence-corrected chi connectivity index (χ1v) is 12.6. The molecule has 2 saturated heterocycles. The van der Waals surface area contributed by atoms with Crippen LogP contribution in [-0.4, -0.2) is 132 Å². The summed E-state index contributed by atoms with van der Waals surface area (Å²) in [5.41, 5.74) is -1.14. The molecule has 1 aromatic rings. The number of nitrogens with zero attached hydrogens (tertiary/aromatic N) is 1. The molecule has 0 aliphatic carbocycles. The fourth-order valence-corrected chi connectivity index (χ4v) is 5.40. The molecule has 214 valence electrons. The molecule has 8 N–H and O–H groups in total. The Labute approximate surface area is 250 Å². The van der Waals surface area contributed by atoms with Crippen molar-refractivity contribution < 1.29 is 94.5 Å². The van der Waals surface area contributed by atoms with E-state index in [0.29, 0.717) is 4.90 Å². The number of benzene rings is 1. The van der Waals surface area contributed by atoms with Gasteiger partial charge < -0.3 is 60.2 Å². The van der Waals surface area contributed by atoms with Crippen molar-refractivity contribution in [3.63, 3.8) is 0 Å². The number of carboxylic acids is 1. The zero-order valence-corrected chi connectivity index (χ0v) is 24.1. The van der Waals surface area contributed by atoms with E-state index < -0.39 is 97.6 Å². The molecule has 0 amide bonds. The standard InChI is InChI=1S/C23H33NO13S.Na/c1-10(27)24-15-12(28)7-23(22(33)34,36-19(15)16(30)13(29)8-25)37-20-17(31)14(9-26)35-21(18(20)32)38-11-5-3-2-4-6-11;/h2-6,12-21,25-26,28-32H,7-9H2,1H3,(H,24,27)(H,33,34);/q;+1/p-1/t12-,13+,14+,15+,16+,17-,18+,19+,20-,21-,23-;/m0./s1. The molecule has 2 aliphatic heterocycles. The van der Waals surface area contributed by atoms with Gasteiger partial charge in [-0.05, 0) is 25.0 Å². The summed E-state index contributed by atoms with van der Waals surface area (Å²) in [5, 5.41) is 93.8. The van der Waals surface area contributed by atoms with Crippen LogP contribution in [0, 0.1) is 0 Å². The Hall–Kier alpha value is -0.890. The van der Waals surface area contributed by atoms with Crippen LogP contribution >= 0.6 is 11.8 Å². The van der Waals surface area contributed by atoms with Gasteiger partial charge in [0.2, 0.25) is 0 Å². The Morgan fingerprint density at radius 1 is 1.21 bits per heavy atom. The summed E-state index contributed by atoms with van der Waals surface area (Å²) < 4.78 is 16.8. The predicted molar refractivity (Wildman–Crippen MR) is 127 cm³/mol. The number of thioether (sulfide) groups is 1. The van der Waals surface area contributed by atoms with Crippen LogP contribution in [0.3, 0.4) is 0 Å². The van der Waals surface area contributed by atoms with Gasteiger partial charge in [-0.3, -0.25) is 4.99 Å². The van der Waals surface area contributed by atoms with Crippen LogP contribution in [0.25, 0.3) is 0 Å². The molecule has 0 aromatic heterocycles. The summed E-state index contributed by atoms with van der Waals surface area (Å²) in [5.74, 6) is -5.44. The van der Waals surface area contributed by atoms with Gasteiger partial charge in [-0.2, -0.15) is 0 Å². The molecule has 2 aliphatic rings. The van der Waals surface area contributed by atoms with E-state index in [0.717, 1.165) is 18.7 Å². The monoisotopic (exact) mass is 585 g/mol. The minimum Gasteiger partial charge on any atom is -0.862 e. The van der Waals surface area contributed by atoms with Gasteiger partial charge in [0.25, 0.3) is 5.79 Å². The fourth-order valence-electron chi connectivity index (χ4n) is 4.33. The Kier molecular flexibility index (Phi) is 13.1. The number of ether oxygens (including phenoxy) is 3. The molecule has 14 nitrogen and oxygen atoms in total. The molecule has 11 atom stereocenters. The second kappa shape index (κ2) is 14.8. The van der Waals surface area contributed by atoms with Crippen molar-refractivity contribution in [3.05, 3.63) is 30.3 Å². The van der Waals surface area contributed by atoms with Crippen LogP contribution in [0.4, 0.5) is 0 Å². The van der Waals surface area contributed by atoms with E-state index in [1.807, 2.05) is 0 Å². The Morgan fingerprint density at radius 2 is 1.85 bits per heavy atom. The molecule has 0 saturated carbocycles. The second-order valence-corrected chi connectivity index (χ2v) is 10.2. The third kappa shape index (κ3) is 7.90. The van der Waals surface area contributed by atoms with Gasteiger partial charge in [0.05, 0.1) is 19.3 Å². The summed E-state index contributed by atoms with van der Waals surface area (Å²) in [6.07, 6.45) is -14.9. The summed E-state index contributed by atoms with van der Waals surface area (Å²) >= 11 is 1.02. The van der Waals surface area contributed by atoms with Crippen molar-refractivity contribution in [1.29, 1.82) is 0 Å². The van der Waals surface area contributed by atoms with Gasteiger partial charge in [0, 0.05) is 11.3 Å². The largest absolute Gasteiger partial charge is 1.00 e. The van der Waals surface area contributed by atoms with Crippen LogP contribution in [0.15, 0.2) is 40.2 Å². The Balaban J connectivity index is 0.00000533. The first-order chi connectivity index (χ1) is 17.9. The molecule has 0 radical (unpaired) electrons. The Bertz CT molecular complexity index is 957. The molecular weight excluding hydrogens is 553 g/mol. The van der Waals surface area contributed by atoms with Gasteiger partial charge in [0.15, 0.2) is 0 Å². The first-order valence-electron chi connectivity index (χ1n) is 11.7. The molecule has 2 heterocycles. The average molecular weight is 586 g/mol. The SMILES string of the molecule is CC([O-])=N[C@H]1[C@H]([C@H](O)[C@H](O)CO)O[C@@](O[C@H]2[C@@H](O)[C@@H](CO)O[C@@H](Sc3ccccc3)[C@@H]2O)(C(=O)O)C[C@@H]1O.[Na+]. The Morgan fingerprint density at radius 3 is 2.38 bits per heavy atom. The molecule has 3 rings (SSSR count). The van der Waals surface area contributed by atoms with Gasteiger partial charge in [-0.25, -0.2) is 4.79 Å². The van der Waals surface area contributed by atoms with Gasteiger partial charge in [-0.15, -0.1) is 0 Å². The first kappa shape index (κ1) is 34.3. The molecular formula is C23H32NNaO13S. The van der Waals surface area contributed by atoms with Crippen molar-refractivity contribution >= 4 is 23.6 Å². The number of hydrogen-bond acceptors (Lipinski definition) is 14. The summed E-state index contributed by atoms with van der Waals surface area (Å²) in [4.78, 5) is 16.8. The summed E-state index contributed by atoms with van der Waals surface area (Å²) in [7, 11) is 0. The van der Waals surface area contributed by atoms with Gasteiger partial charge in [0.1, 0.15) is 54.2 Å². The van der Waals surface area contributed by atoms with E-state index in [2.05, 4.69) is 4.99 Å². The number of aliphatic imine (C=N–C) groups is 1. The van der Waals surface area contributed by atoms with E-state index in [4.69, 9.17) is 14.2 Å². The predicted octanol–water partition coefficient (Wildman–Crippen LogP) is -6.60. The number of rotatable bonds is 10. The van der Waals surface area contributed by atoms with Gasteiger partial charge >= 0.3 is 35.5 Å². The van der Waals surface area contributed by atoms with E-state index in [1.165, 1.54) is 0 Å². The van der Waals surface area contributed by atoms with Crippen LogP contribution in [0.2, 0.25) is 0 Å².